The van der Waals surface area contributed by atoms with Gasteiger partial charge < -0.3 is 5.73 Å². The van der Waals surface area contributed by atoms with E-state index in [1.165, 1.54) is 12.1 Å². The van der Waals surface area contributed by atoms with Gasteiger partial charge in [0.25, 0.3) is 0 Å². The first-order valence-electron chi connectivity index (χ1n) is 6.45. The maximum absolute atomic E-state index is 13.3. The molecule has 2 N–H and O–H groups in total. The number of benzene rings is 2. The average molecular weight is 302 g/mol. The topological polar surface area (TPSA) is 43.8 Å². The molecule has 0 aliphatic rings. The summed E-state index contributed by atoms with van der Waals surface area (Å²) in [5, 5.41) is 5.11. The van der Waals surface area contributed by atoms with E-state index in [4.69, 9.17) is 17.3 Å². The zero-order chi connectivity index (χ0) is 14.8. The van der Waals surface area contributed by atoms with E-state index in [1.807, 2.05) is 24.3 Å². The number of hydrogen-bond donors (Lipinski definition) is 1. The number of halogens is 2. The Morgan fingerprint density at radius 1 is 1.14 bits per heavy atom. The normalized spacial score (nSPS) is 10.8. The van der Waals surface area contributed by atoms with Gasteiger partial charge in [-0.05, 0) is 29.8 Å². The zero-order valence-corrected chi connectivity index (χ0v) is 11.9. The third-order valence-corrected chi connectivity index (χ3v) is 3.36. The molecule has 5 heteroatoms. The van der Waals surface area contributed by atoms with Gasteiger partial charge in [-0.1, -0.05) is 35.9 Å². The molecule has 2 aromatic carbocycles. The smallest absolute Gasteiger partial charge is 0.123 e. The summed E-state index contributed by atoms with van der Waals surface area (Å²) in [7, 11) is 0. The van der Waals surface area contributed by atoms with Gasteiger partial charge in [-0.2, -0.15) is 5.10 Å². The van der Waals surface area contributed by atoms with Crippen LogP contribution in [0, 0.1) is 5.82 Å². The molecule has 3 aromatic rings. The Hall–Kier alpha value is -2.33. The summed E-state index contributed by atoms with van der Waals surface area (Å²) in [6.07, 6.45) is 1.74. The second kappa shape index (κ2) is 5.58. The number of nitrogen functional groups attached to an aromatic ring is 1. The molecule has 21 heavy (non-hydrogen) atoms. The number of anilines is 1. The fourth-order valence-corrected chi connectivity index (χ4v) is 2.41. The predicted molar refractivity (Wildman–Crippen MR) is 82.6 cm³/mol. The highest BCUT2D eigenvalue weighted by Gasteiger charge is 2.09. The van der Waals surface area contributed by atoms with Crippen LogP contribution in [-0.2, 0) is 6.54 Å². The lowest BCUT2D eigenvalue weighted by Gasteiger charge is -2.02. The summed E-state index contributed by atoms with van der Waals surface area (Å²) in [4.78, 5) is 0. The molecule has 0 bridgehead atoms. The molecule has 0 atom stereocenters. The first-order chi connectivity index (χ1) is 10.1. The number of rotatable bonds is 3. The summed E-state index contributed by atoms with van der Waals surface area (Å²) in [6.45, 7) is 0.556. The van der Waals surface area contributed by atoms with Gasteiger partial charge in [0.05, 0.1) is 12.2 Å². The number of aromatic nitrogens is 2. The van der Waals surface area contributed by atoms with E-state index in [1.54, 1.807) is 23.0 Å². The fraction of sp³-hybridized carbons (Fsp3) is 0.0625. The molecule has 0 fully saturated rings. The molecule has 0 aliphatic heterocycles. The van der Waals surface area contributed by atoms with Crippen LogP contribution in [0.5, 0.6) is 0 Å². The molecule has 3 nitrogen and oxygen atoms in total. The lowest BCUT2D eigenvalue weighted by molar-refractivity contribution is 0.628. The van der Waals surface area contributed by atoms with Crippen LogP contribution in [0.2, 0.25) is 5.02 Å². The monoisotopic (exact) mass is 301 g/mol. The Labute approximate surface area is 126 Å². The van der Waals surface area contributed by atoms with Crippen LogP contribution in [0.3, 0.4) is 0 Å². The first-order valence-corrected chi connectivity index (χ1v) is 6.83. The Bertz CT molecular complexity index is 783. The molecule has 106 valence electrons. The molecule has 3 rings (SSSR count). The van der Waals surface area contributed by atoms with Gasteiger partial charge in [0.1, 0.15) is 11.5 Å². The van der Waals surface area contributed by atoms with Crippen LogP contribution in [0.25, 0.3) is 11.3 Å². The molecule has 0 amide bonds. The molecule has 0 saturated carbocycles. The van der Waals surface area contributed by atoms with Crippen molar-refractivity contribution in [1.82, 2.24) is 9.78 Å². The first kappa shape index (κ1) is 13.6. The SMILES string of the molecule is Nc1cn(Cc2cccc(Cl)c2)nc1-c1cccc(F)c1. The molecular weight excluding hydrogens is 289 g/mol. The molecule has 0 spiro atoms. The largest absolute Gasteiger partial charge is 0.396 e. The second-order valence-corrected chi connectivity index (χ2v) is 5.21. The zero-order valence-electron chi connectivity index (χ0n) is 11.1. The summed E-state index contributed by atoms with van der Waals surface area (Å²) >= 11 is 5.96. The Morgan fingerprint density at radius 2 is 1.95 bits per heavy atom. The second-order valence-electron chi connectivity index (χ2n) is 4.77. The van der Waals surface area contributed by atoms with Crippen molar-refractivity contribution in [3.63, 3.8) is 0 Å². The summed E-state index contributed by atoms with van der Waals surface area (Å²) < 4.78 is 15.0. The van der Waals surface area contributed by atoms with Crippen LogP contribution < -0.4 is 5.73 Å². The highest BCUT2D eigenvalue weighted by molar-refractivity contribution is 6.30. The maximum Gasteiger partial charge on any atom is 0.123 e. The summed E-state index contributed by atoms with van der Waals surface area (Å²) in [5.74, 6) is -0.309. The van der Waals surface area contributed by atoms with Crippen LogP contribution in [0.15, 0.2) is 54.7 Å². The average Bonchev–Trinajstić information content (AvgIpc) is 2.79. The maximum atomic E-state index is 13.3. The minimum absolute atomic E-state index is 0.309. The van der Waals surface area contributed by atoms with Crippen molar-refractivity contribution in [2.24, 2.45) is 0 Å². The standard InChI is InChI=1S/C16H13ClFN3/c17-13-5-1-3-11(7-13)9-21-10-15(19)16(20-21)12-4-2-6-14(18)8-12/h1-8,10H,9,19H2. The summed E-state index contributed by atoms with van der Waals surface area (Å²) in [6, 6.07) is 13.8. The Kier molecular flexibility index (Phi) is 3.62. The minimum atomic E-state index is -0.309. The third-order valence-electron chi connectivity index (χ3n) is 3.12. The molecule has 1 aromatic heterocycles. The van der Waals surface area contributed by atoms with E-state index in [-0.39, 0.29) is 5.82 Å². The van der Waals surface area contributed by atoms with Crippen molar-refractivity contribution in [1.29, 1.82) is 0 Å². The van der Waals surface area contributed by atoms with Crippen LogP contribution >= 0.6 is 11.6 Å². The van der Waals surface area contributed by atoms with Crippen LogP contribution in [-0.4, -0.2) is 9.78 Å². The van der Waals surface area contributed by atoms with Gasteiger partial charge >= 0.3 is 0 Å². The van der Waals surface area contributed by atoms with Crippen molar-refractivity contribution in [2.45, 2.75) is 6.54 Å². The Balaban J connectivity index is 1.91. The van der Waals surface area contributed by atoms with Gasteiger partial charge in [-0.15, -0.1) is 0 Å². The molecule has 0 saturated heterocycles. The van der Waals surface area contributed by atoms with Gasteiger partial charge in [0.2, 0.25) is 0 Å². The quantitative estimate of drug-likeness (QED) is 0.795. The lowest BCUT2D eigenvalue weighted by Crippen LogP contribution is -2.00. The third kappa shape index (κ3) is 3.06. The van der Waals surface area contributed by atoms with E-state index in [0.29, 0.717) is 28.5 Å². The highest BCUT2D eigenvalue weighted by atomic mass is 35.5. The Morgan fingerprint density at radius 3 is 2.71 bits per heavy atom. The molecule has 0 radical (unpaired) electrons. The number of nitrogens with zero attached hydrogens (tertiary/aromatic N) is 2. The van der Waals surface area contributed by atoms with E-state index in [2.05, 4.69) is 5.10 Å². The number of hydrogen-bond acceptors (Lipinski definition) is 2. The van der Waals surface area contributed by atoms with Crippen molar-refractivity contribution in [3.05, 3.63) is 71.1 Å². The molecule has 0 unspecified atom stereocenters. The van der Waals surface area contributed by atoms with Crippen LogP contribution in [0.1, 0.15) is 5.56 Å². The van der Waals surface area contributed by atoms with Crippen molar-refractivity contribution < 1.29 is 4.39 Å². The van der Waals surface area contributed by atoms with Gasteiger partial charge in [0, 0.05) is 16.8 Å². The van der Waals surface area contributed by atoms with Crippen molar-refractivity contribution in [3.8, 4) is 11.3 Å². The van der Waals surface area contributed by atoms with Crippen LogP contribution in [0.4, 0.5) is 10.1 Å². The fourth-order valence-electron chi connectivity index (χ4n) is 2.20. The van der Waals surface area contributed by atoms with Crippen molar-refractivity contribution in [2.75, 3.05) is 5.73 Å². The molecule has 1 heterocycles. The van der Waals surface area contributed by atoms with Gasteiger partial charge in [-0.3, -0.25) is 4.68 Å². The van der Waals surface area contributed by atoms with E-state index >= 15 is 0 Å². The molecule has 0 aliphatic carbocycles. The van der Waals surface area contributed by atoms with Gasteiger partial charge in [0.15, 0.2) is 0 Å². The minimum Gasteiger partial charge on any atom is -0.396 e. The predicted octanol–water partition coefficient (Wildman–Crippen LogP) is 3.97. The van der Waals surface area contributed by atoms with E-state index in [9.17, 15) is 4.39 Å². The van der Waals surface area contributed by atoms with Gasteiger partial charge in [-0.25, -0.2) is 4.39 Å². The highest BCUT2D eigenvalue weighted by Crippen LogP contribution is 2.25. The molecular formula is C16H13ClFN3. The van der Waals surface area contributed by atoms with E-state index in [0.717, 1.165) is 5.56 Å². The summed E-state index contributed by atoms with van der Waals surface area (Å²) in [5.41, 5.74) is 8.76. The number of nitrogens with two attached hydrogens (primary N) is 1. The lowest BCUT2D eigenvalue weighted by atomic mass is 10.1. The van der Waals surface area contributed by atoms with Crippen molar-refractivity contribution >= 4 is 17.3 Å². The van der Waals surface area contributed by atoms with E-state index < -0.39 is 0 Å².